The van der Waals surface area contributed by atoms with E-state index >= 15 is 0 Å². The zero-order valence-corrected chi connectivity index (χ0v) is 14.5. The maximum Gasteiger partial charge on any atom is 0.251 e. The van der Waals surface area contributed by atoms with Crippen molar-refractivity contribution < 1.29 is 14.4 Å². The van der Waals surface area contributed by atoms with Crippen LogP contribution >= 0.6 is 12.4 Å². The second-order valence-electron chi connectivity index (χ2n) is 5.87. The predicted octanol–water partition coefficient (Wildman–Crippen LogP) is 1.49. The van der Waals surface area contributed by atoms with Crippen LogP contribution in [0.2, 0.25) is 0 Å². The van der Waals surface area contributed by atoms with Crippen LogP contribution in [-0.2, 0) is 9.59 Å². The normalized spacial score (nSPS) is 14.1. The van der Waals surface area contributed by atoms with Gasteiger partial charge in [0.25, 0.3) is 5.91 Å². The molecule has 0 aromatic heterocycles. The topological polar surface area (TPSA) is 113 Å². The third-order valence-corrected chi connectivity index (χ3v) is 3.56. The van der Waals surface area contributed by atoms with Gasteiger partial charge in [0, 0.05) is 43.4 Å². The minimum Gasteiger partial charge on any atom is -0.350 e. The van der Waals surface area contributed by atoms with Crippen LogP contribution < -0.4 is 21.7 Å². The zero-order chi connectivity index (χ0) is 17.0. The van der Waals surface area contributed by atoms with Gasteiger partial charge in [0.15, 0.2) is 0 Å². The van der Waals surface area contributed by atoms with Gasteiger partial charge >= 0.3 is 0 Å². The molecule has 0 spiro atoms. The number of carbonyl (C=O) groups is 3. The van der Waals surface area contributed by atoms with Crippen molar-refractivity contribution in [2.75, 3.05) is 17.2 Å². The Kier molecular flexibility index (Phi) is 7.18. The van der Waals surface area contributed by atoms with Crippen LogP contribution in [0.4, 0.5) is 11.4 Å². The van der Waals surface area contributed by atoms with E-state index in [-0.39, 0.29) is 36.2 Å². The SMILES string of the molecule is CC(=O)Nc1cc(NC(C)=O)cc(C(=O)NCC(N)C2CC2)c1.Cl. The molecule has 24 heavy (non-hydrogen) atoms. The van der Waals surface area contributed by atoms with Crippen LogP contribution in [0.15, 0.2) is 18.2 Å². The van der Waals surface area contributed by atoms with Gasteiger partial charge in [-0.25, -0.2) is 0 Å². The minimum atomic E-state index is -0.292. The molecule has 0 heterocycles. The Labute approximate surface area is 147 Å². The third-order valence-electron chi connectivity index (χ3n) is 3.56. The quantitative estimate of drug-likeness (QED) is 0.619. The molecular weight excluding hydrogens is 332 g/mol. The highest BCUT2D eigenvalue weighted by atomic mass is 35.5. The number of halogens is 1. The first-order valence-corrected chi connectivity index (χ1v) is 7.59. The summed E-state index contributed by atoms with van der Waals surface area (Å²) >= 11 is 0. The van der Waals surface area contributed by atoms with Gasteiger partial charge in [-0.2, -0.15) is 0 Å². The molecule has 2 rings (SSSR count). The molecule has 5 N–H and O–H groups in total. The Hall–Kier alpha value is -2.12. The van der Waals surface area contributed by atoms with Crippen LogP contribution in [0.1, 0.15) is 37.0 Å². The highest BCUT2D eigenvalue weighted by Gasteiger charge is 2.28. The number of benzene rings is 1. The Balaban J connectivity index is 0.00000288. The summed E-state index contributed by atoms with van der Waals surface area (Å²) in [6.45, 7) is 3.16. The van der Waals surface area contributed by atoms with Gasteiger partial charge in [-0.1, -0.05) is 0 Å². The van der Waals surface area contributed by atoms with Crippen molar-refractivity contribution in [2.24, 2.45) is 11.7 Å². The van der Waals surface area contributed by atoms with E-state index in [1.165, 1.54) is 13.8 Å². The van der Waals surface area contributed by atoms with Gasteiger partial charge in [-0.3, -0.25) is 14.4 Å². The Morgan fingerprint density at radius 3 is 2.00 bits per heavy atom. The molecule has 1 aromatic carbocycles. The van der Waals surface area contributed by atoms with E-state index in [1.807, 2.05) is 0 Å². The van der Waals surface area contributed by atoms with Crippen LogP contribution in [0.25, 0.3) is 0 Å². The Bertz CT molecular complexity index is 597. The fraction of sp³-hybridized carbons (Fsp3) is 0.438. The van der Waals surface area contributed by atoms with E-state index in [0.29, 0.717) is 29.4 Å². The molecule has 1 atom stereocenters. The van der Waals surface area contributed by atoms with Crippen molar-refractivity contribution in [2.45, 2.75) is 32.7 Å². The molecule has 8 heteroatoms. The average Bonchev–Trinajstić information content (AvgIpc) is 3.27. The first kappa shape index (κ1) is 19.9. The first-order valence-electron chi connectivity index (χ1n) is 7.59. The minimum absolute atomic E-state index is 0. The lowest BCUT2D eigenvalue weighted by molar-refractivity contribution is -0.115. The fourth-order valence-electron chi connectivity index (χ4n) is 2.31. The lowest BCUT2D eigenvalue weighted by Gasteiger charge is -2.13. The average molecular weight is 355 g/mol. The zero-order valence-electron chi connectivity index (χ0n) is 13.7. The number of amides is 3. The summed E-state index contributed by atoms with van der Waals surface area (Å²) in [5.74, 6) is -0.310. The van der Waals surface area contributed by atoms with Crippen LogP contribution in [0, 0.1) is 5.92 Å². The van der Waals surface area contributed by atoms with Crippen molar-refractivity contribution in [3.05, 3.63) is 23.8 Å². The summed E-state index contributed by atoms with van der Waals surface area (Å²) in [5.41, 5.74) is 7.21. The summed E-state index contributed by atoms with van der Waals surface area (Å²) in [7, 11) is 0. The van der Waals surface area contributed by atoms with Crippen molar-refractivity contribution >= 4 is 41.5 Å². The second kappa shape index (κ2) is 8.65. The lowest BCUT2D eigenvalue weighted by atomic mass is 10.1. The predicted molar refractivity (Wildman–Crippen MR) is 95.3 cm³/mol. The molecule has 0 bridgehead atoms. The number of carbonyl (C=O) groups excluding carboxylic acids is 3. The molecule has 1 aliphatic carbocycles. The molecule has 1 fully saturated rings. The van der Waals surface area contributed by atoms with Gasteiger partial charge in [0.2, 0.25) is 11.8 Å². The molecular formula is C16H23ClN4O3. The molecule has 132 valence electrons. The van der Waals surface area contributed by atoms with Crippen molar-refractivity contribution in [1.29, 1.82) is 0 Å². The highest BCUT2D eigenvalue weighted by molar-refractivity contribution is 5.99. The number of rotatable bonds is 6. The van der Waals surface area contributed by atoms with Crippen LogP contribution in [0.3, 0.4) is 0 Å². The summed E-state index contributed by atoms with van der Waals surface area (Å²) in [6.07, 6.45) is 2.23. The van der Waals surface area contributed by atoms with E-state index in [0.717, 1.165) is 12.8 Å². The summed E-state index contributed by atoms with van der Waals surface area (Å²) < 4.78 is 0. The number of hydrogen-bond donors (Lipinski definition) is 4. The number of nitrogens with one attached hydrogen (secondary N) is 3. The lowest BCUT2D eigenvalue weighted by Crippen LogP contribution is -2.38. The molecule has 0 aliphatic heterocycles. The van der Waals surface area contributed by atoms with Crippen molar-refractivity contribution in [1.82, 2.24) is 5.32 Å². The fourth-order valence-corrected chi connectivity index (χ4v) is 2.31. The Morgan fingerprint density at radius 1 is 1.08 bits per heavy atom. The standard InChI is InChI=1S/C16H22N4O3.ClH/c1-9(21)19-13-5-12(6-14(7-13)20-10(2)22)16(23)18-8-15(17)11-3-4-11;/h5-7,11,15H,3-4,8,17H2,1-2H3,(H,18,23)(H,19,21)(H,20,22);1H. The van der Waals surface area contributed by atoms with Crippen molar-refractivity contribution in [3.63, 3.8) is 0 Å². The molecule has 7 nitrogen and oxygen atoms in total. The molecule has 1 saturated carbocycles. The maximum atomic E-state index is 12.3. The van der Waals surface area contributed by atoms with Crippen LogP contribution in [-0.4, -0.2) is 30.3 Å². The third kappa shape index (κ3) is 6.17. The monoisotopic (exact) mass is 354 g/mol. The van der Waals surface area contributed by atoms with Crippen molar-refractivity contribution in [3.8, 4) is 0 Å². The summed E-state index contributed by atoms with van der Waals surface area (Å²) in [6, 6.07) is 4.68. The summed E-state index contributed by atoms with van der Waals surface area (Å²) in [5, 5.41) is 8.02. The molecule has 1 aliphatic rings. The van der Waals surface area contributed by atoms with Gasteiger partial charge in [-0.05, 0) is 37.0 Å². The van der Waals surface area contributed by atoms with Crippen LogP contribution in [0.5, 0.6) is 0 Å². The molecule has 1 aromatic rings. The largest absolute Gasteiger partial charge is 0.350 e. The van der Waals surface area contributed by atoms with E-state index in [4.69, 9.17) is 5.73 Å². The van der Waals surface area contributed by atoms with Gasteiger partial charge < -0.3 is 21.7 Å². The van der Waals surface area contributed by atoms with Gasteiger partial charge in [0.05, 0.1) is 0 Å². The molecule has 0 radical (unpaired) electrons. The smallest absolute Gasteiger partial charge is 0.251 e. The second-order valence-corrected chi connectivity index (χ2v) is 5.87. The number of anilines is 2. The summed E-state index contributed by atoms with van der Waals surface area (Å²) in [4.78, 5) is 34.7. The molecule has 3 amide bonds. The van der Waals surface area contributed by atoms with E-state index in [9.17, 15) is 14.4 Å². The first-order chi connectivity index (χ1) is 10.8. The Morgan fingerprint density at radius 2 is 1.58 bits per heavy atom. The van der Waals surface area contributed by atoms with E-state index in [1.54, 1.807) is 18.2 Å². The molecule has 0 saturated heterocycles. The van der Waals surface area contributed by atoms with Gasteiger partial charge in [0.1, 0.15) is 0 Å². The van der Waals surface area contributed by atoms with E-state index < -0.39 is 0 Å². The maximum absolute atomic E-state index is 12.3. The number of nitrogens with two attached hydrogens (primary N) is 1. The molecule has 1 unspecified atom stereocenters. The number of hydrogen-bond acceptors (Lipinski definition) is 4. The van der Waals surface area contributed by atoms with Gasteiger partial charge in [-0.15, -0.1) is 12.4 Å². The highest BCUT2D eigenvalue weighted by Crippen LogP contribution is 2.31. The van der Waals surface area contributed by atoms with E-state index in [2.05, 4.69) is 16.0 Å².